The molecular formula is C12H14ClN3O2. The quantitative estimate of drug-likeness (QED) is 0.846. The van der Waals surface area contributed by atoms with Crippen LogP contribution in [0, 0.1) is 0 Å². The van der Waals surface area contributed by atoms with Crippen LogP contribution in [0.15, 0.2) is 18.3 Å². The third-order valence-electron chi connectivity index (χ3n) is 3.74. The molecule has 0 aromatic carbocycles. The summed E-state index contributed by atoms with van der Waals surface area (Å²) in [6.45, 7) is 1.44. The molecule has 3 heterocycles. The Bertz CT molecular complexity index is 451. The van der Waals surface area contributed by atoms with E-state index in [1.54, 1.807) is 11.1 Å². The van der Waals surface area contributed by atoms with Crippen molar-refractivity contribution in [2.75, 3.05) is 18.0 Å². The van der Waals surface area contributed by atoms with E-state index in [2.05, 4.69) is 9.88 Å². The molecule has 2 aliphatic heterocycles. The van der Waals surface area contributed by atoms with Crippen molar-refractivity contribution in [2.45, 2.75) is 24.9 Å². The maximum atomic E-state index is 11.2. The number of rotatable bonds is 1. The number of aromatic nitrogens is 1. The number of carbonyl (C=O) groups is 1. The van der Waals surface area contributed by atoms with Crippen LogP contribution < -0.4 is 4.90 Å². The van der Waals surface area contributed by atoms with Crippen molar-refractivity contribution in [2.24, 2.45) is 0 Å². The molecule has 1 N–H and O–H groups in total. The molecule has 3 rings (SSSR count). The summed E-state index contributed by atoms with van der Waals surface area (Å²) in [6.07, 6.45) is 2.72. The lowest BCUT2D eigenvalue weighted by atomic mass is 10.2. The van der Waals surface area contributed by atoms with E-state index < -0.39 is 6.09 Å². The predicted molar refractivity (Wildman–Crippen MR) is 68.1 cm³/mol. The van der Waals surface area contributed by atoms with Gasteiger partial charge in [-0.05, 0) is 25.0 Å². The van der Waals surface area contributed by atoms with Crippen LogP contribution in [0.3, 0.4) is 0 Å². The smallest absolute Gasteiger partial charge is 0.407 e. The fourth-order valence-electron chi connectivity index (χ4n) is 2.96. The molecule has 2 aliphatic rings. The molecule has 0 radical (unpaired) electrons. The molecule has 0 saturated carbocycles. The van der Waals surface area contributed by atoms with E-state index in [9.17, 15) is 9.90 Å². The molecular weight excluding hydrogens is 254 g/mol. The number of amides is 1. The van der Waals surface area contributed by atoms with Crippen molar-refractivity contribution in [3.8, 4) is 0 Å². The van der Waals surface area contributed by atoms with Gasteiger partial charge in [0, 0.05) is 19.3 Å². The topological polar surface area (TPSA) is 56.7 Å². The van der Waals surface area contributed by atoms with Crippen LogP contribution in [0.25, 0.3) is 0 Å². The van der Waals surface area contributed by atoms with Crippen molar-refractivity contribution in [3.63, 3.8) is 0 Å². The minimum absolute atomic E-state index is 0.0960. The zero-order chi connectivity index (χ0) is 12.7. The van der Waals surface area contributed by atoms with Gasteiger partial charge in [-0.25, -0.2) is 9.78 Å². The molecule has 18 heavy (non-hydrogen) atoms. The minimum atomic E-state index is -0.800. The number of halogens is 1. The highest BCUT2D eigenvalue weighted by Gasteiger charge is 2.42. The summed E-state index contributed by atoms with van der Waals surface area (Å²) in [7, 11) is 0. The molecule has 1 aromatic heterocycles. The molecule has 2 atom stereocenters. The second kappa shape index (κ2) is 4.31. The molecule has 2 unspecified atom stereocenters. The van der Waals surface area contributed by atoms with Crippen LogP contribution in [0.4, 0.5) is 10.6 Å². The van der Waals surface area contributed by atoms with Crippen molar-refractivity contribution in [3.05, 3.63) is 23.4 Å². The van der Waals surface area contributed by atoms with Gasteiger partial charge < -0.3 is 10.0 Å². The summed E-state index contributed by atoms with van der Waals surface area (Å²) in [5.41, 5.74) is 0. The summed E-state index contributed by atoms with van der Waals surface area (Å²) >= 11 is 5.82. The Hall–Kier alpha value is -1.49. The highest BCUT2D eigenvalue weighted by Crippen LogP contribution is 2.32. The maximum absolute atomic E-state index is 11.2. The van der Waals surface area contributed by atoms with E-state index >= 15 is 0 Å². The number of hydrogen-bond acceptors (Lipinski definition) is 3. The Balaban J connectivity index is 1.79. The van der Waals surface area contributed by atoms with Gasteiger partial charge in [-0.15, -0.1) is 0 Å². The van der Waals surface area contributed by atoms with E-state index in [-0.39, 0.29) is 12.1 Å². The van der Waals surface area contributed by atoms with Crippen molar-refractivity contribution >= 4 is 23.5 Å². The highest BCUT2D eigenvalue weighted by molar-refractivity contribution is 6.30. The number of pyridine rings is 1. The zero-order valence-electron chi connectivity index (χ0n) is 9.79. The average Bonchev–Trinajstić information content (AvgIpc) is 2.62. The first-order valence-corrected chi connectivity index (χ1v) is 6.40. The van der Waals surface area contributed by atoms with E-state index in [1.807, 2.05) is 12.1 Å². The second-order valence-electron chi connectivity index (χ2n) is 4.81. The number of anilines is 1. The standard InChI is InChI=1S/C12H14ClN3O2/c13-8-1-4-11(14-5-8)15-6-9-2-3-10(7-15)16(9)12(17)18/h1,4-5,9-10H,2-3,6-7H2,(H,17,18). The average molecular weight is 268 g/mol. The number of nitrogens with zero attached hydrogens (tertiary/aromatic N) is 3. The molecule has 1 aromatic rings. The Morgan fingerprint density at radius 2 is 2.00 bits per heavy atom. The molecule has 2 saturated heterocycles. The largest absolute Gasteiger partial charge is 0.465 e. The van der Waals surface area contributed by atoms with E-state index in [4.69, 9.17) is 11.6 Å². The van der Waals surface area contributed by atoms with Gasteiger partial charge in [-0.2, -0.15) is 0 Å². The number of hydrogen-bond donors (Lipinski definition) is 1. The summed E-state index contributed by atoms with van der Waals surface area (Å²) in [5, 5.41) is 9.80. The summed E-state index contributed by atoms with van der Waals surface area (Å²) in [4.78, 5) is 19.2. The molecule has 5 nitrogen and oxygen atoms in total. The monoisotopic (exact) mass is 267 g/mol. The van der Waals surface area contributed by atoms with Crippen LogP contribution in [0.1, 0.15) is 12.8 Å². The third-order valence-corrected chi connectivity index (χ3v) is 3.96. The maximum Gasteiger partial charge on any atom is 0.407 e. The SMILES string of the molecule is O=C(O)N1C2CCC1CN(c1ccc(Cl)cn1)C2. The Morgan fingerprint density at radius 3 is 2.50 bits per heavy atom. The van der Waals surface area contributed by atoms with Gasteiger partial charge in [0.15, 0.2) is 0 Å². The van der Waals surface area contributed by atoms with E-state index in [0.717, 1.165) is 31.7 Å². The van der Waals surface area contributed by atoms with Crippen molar-refractivity contribution < 1.29 is 9.90 Å². The van der Waals surface area contributed by atoms with Gasteiger partial charge >= 0.3 is 6.09 Å². The van der Waals surface area contributed by atoms with Gasteiger partial charge in [0.05, 0.1) is 17.1 Å². The number of fused-ring (bicyclic) bond motifs is 2. The first-order chi connectivity index (χ1) is 8.65. The van der Waals surface area contributed by atoms with Crippen LogP contribution >= 0.6 is 11.6 Å². The van der Waals surface area contributed by atoms with Crippen molar-refractivity contribution in [1.29, 1.82) is 0 Å². The predicted octanol–water partition coefficient (Wildman–Crippen LogP) is 2.07. The molecule has 0 aliphatic carbocycles. The van der Waals surface area contributed by atoms with E-state index in [0.29, 0.717) is 5.02 Å². The Labute approximate surface area is 110 Å². The molecule has 2 bridgehead atoms. The second-order valence-corrected chi connectivity index (χ2v) is 5.25. The zero-order valence-corrected chi connectivity index (χ0v) is 10.5. The first kappa shape index (κ1) is 11.6. The Kier molecular flexibility index (Phi) is 2.78. The summed E-state index contributed by atoms with van der Waals surface area (Å²) < 4.78 is 0. The summed E-state index contributed by atoms with van der Waals surface area (Å²) in [5.74, 6) is 0.876. The lowest BCUT2D eigenvalue weighted by molar-refractivity contribution is 0.114. The molecule has 96 valence electrons. The molecule has 1 amide bonds. The van der Waals surface area contributed by atoms with Crippen molar-refractivity contribution in [1.82, 2.24) is 9.88 Å². The molecule has 6 heteroatoms. The third kappa shape index (κ3) is 1.88. The van der Waals surface area contributed by atoms with Crippen LogP contribution in [-0.4, -0.2) is 46.3 Å². The fourth-order valence-corrected chi connectivity index (χ4v) is 3.07. The first-order valence-electron chi connectivity index (χ1n) is 6.03. The lowest BCUT2D eigenvalue weighted by Gasteiger charge is -2.40. The number of carboxylic acid groups (broad SMARTS) is 1. The van der Waals surface area contributed by atoms with Gasteiger partial charge in [0.25, 0.3) is 0 Å². The fraction of sp³-hybridized carbons (Fsp3) is 0.500. The number of piperazine rings is 1. The van der Waals surface area contributed by atoms with Gasteiger partial charge in [0.1, 0.15) is 5.82 Å². The van der Waals surface area contributed by atoms with Crippen LogP contribution in [-0.2, 0) is 0 Å². The normalized spacial score (nSPS) is 26.5. The molecule has 0 spiro atoms. The Morgan fingerprint density at radius 1 is 1.33 bits per heavy atom. The highest BCUT2D eigenvalue weighted by atomic mass is 35.5. The van der Waals surface area contributed by atoms with E-state index in [1.165, 1.54) is 0 Å². The van der Waals surface area contributed by atoms with Gasteiger partial charge in [-0.3, -0.25) is 4.90 Å². The lowest BCUT2D eigenvalue weighted by Crippen LogP contribution is -2.55. The minimum Gasteiger partial charge on any atom is -0.465 e. The summed E-state index contributed by atoms with van der Waals surface area (Å²) in [6, 6.07) is 3.89. The van der Waals surface area contributed by atoms with Crippen LogP contribution in [0.2, 0.25) is 5.02 Å². The molecule has 2 fully saturated rings. The van der Waals surface area contributed by atoms with Gasteiger partial charge in [-0.1, -0.05) is 11.6 Å². The van der Waals surface area contributed by atoms with Crippen LogP contribution in [0.5, 0.6) is 0 Å². The van der Waals surface area contributed by atoms with Gasteiger partial charge in [0.2, 0.25) is 0 Å².